The Morgan fingerprint density at radius 1 is 1.05 bits per heavy atom. The van der Waals surface area contributed by atoms with Crippen LogP contribution in [0.2, 0.25) is 0 Å². The van der Waals surface area contributed by atoms with Gasteiger partial charge in [0.05, 0.1) is 0 Å². The molecule has 0 N–H and O–H groups in total. The minimum absolute atomic E-state index is 1.09. The van der Waals surface area contributed by atoms with Crippen molar-refractivity contribution in [3.8, 4) is 0 Å². The molecule has 0 saturated heterocycles. The Kier molecular flexibility index (Phi) is 12.5. The van der Waals surface area contributed by atoms with Crippen LogP contribution in [-0.2, 0) is 0 Å². The highest BCUT2D eigenvalue weighted by atomic mass is 15.1. The van der Waals surface area contributed by atoms with Crippen LogP contribution in [0.5, 0.6) is 0 Å². The van der Waals surface area contributed by atoms with Crippen LogP contribution in [0.15, 0.2) is 46.7 Å². The van der Waals surface area contributed by atoms with Crippen LogP contribution in [0.25, 0.3) is 0 Å². The first-order valence-electron chi connectivity index (χ1n) is 7.32. The molecule has 0 aliphatic carbocycles. The van der Waals surface area contributed by atoms with Crippen LogP contribution in [0.3, 0.4) is 0 Å². The fourth-order valence-electron chi connectivity index (χ4n) is 1.53. The Hall–Kier alpha value is -1.24. The normalized spacial score (nSPS) is 13.9. The molecule has 0 rings (SSSR count). The fourth-order valence-corrected chi connectivity index (χ4v) is 1.53. The Balaban J connectivity index is 0. The van der Waals surface area contributed by atoms with Gasteiger partial charge in [0.1, 0.15) is 0 Å². The third-order valence-electron chi connectivity index (χ3n) is 2.89. The van der Waals surface area contributed by atoms with E-state index in [1.165, 1.54) is 22.4 Å². The highest BCUT2D eigenvalue weighted by Gasteiger charge is 2.06. The van der Waals surface area contributed by atoms with Gasteiger partial charge in [-0.3, -0.25) is 0 Å². The lowest BCUT2D eigenvalue weighted by atomic mass is 10.0. The van der Waals surface area contributed by atoms with Gasteiger partial charge in [0.15, 0.2) is 0 Å². The molecule has 19 heavy (non-hydrogen) atoms. The van der Waals surface area contributed by atoms with Gasteiger partial charge in [-0.25, -0.2) is 0 Å². The average Bonchev–Trinajstić information content (AvgIpc) is 2.43. The Morgan fingerprint density at radius 3 is 1.89 bits per heavy atom. The second kappa shape index (κ2) is 11.8. The molecule has 0 radical (unpaired) electrons. The van der Waals surface area contributed by atoms with Crippen molar-refractivity contribution in [2.75, 3.05) is 14.1 Å². The molecule has 0 bridgehead atoms. The summed E-state index contributed by atoms with van der Waals surface area (Å²) in [6, 6.07) is 0. The molecule has 0 fully saturated rings. The van der Waals surface area contributed by atoms with Crippen molar-refractivity contribution in [3.05, 3.63) is 46.7 Å². The summed E-state index contributed by atoms with van der Waals surface area (Å²) >= 11 is 0. The van der Waals surface area contributed by atoms with Crippen LogP contribution in [0.4, 0.5) is 0 Å². The van der Waals surface area contributed by atoms with E-state index in [9.17, 15) is 0 Å². The molecule has 1 heteroatoms. The molecule has 0 aliphatic rings. The van der Waals surface area contributed by atoms with Crippen molar-refractivity contribution in [3.63, 3.8) is 0 Å². The Labute approximate surface area is 121 Å². The predicted octanol–water partition coefficient (Wildman–Crippen LogP) is 5.73. The van der Waals surface area contributed by atoms with E-state index < -0.39 is 0 Å². The molecule has 110 valence electrons. The summed E-state index contributed by atoms with van der Waals surface area (Å²) in [5.74, 6) is 0. The molecular formula is C18H33N. The molecule has 0 unspecified atom stereocenters. The fraction of sp³-hybridized carbons (Fsp3) is 0.556. The van der Waals surface area contributed by atoms with E-state index in [-0.39, 0.29) is 0 Å². The number of hydrogen-bond acceptors (Lipinski definition) is 1. The molecule has 0 saturated carbocycles. The van der Waals surface area contributed by atoms with E-state index in [4.69, 9.17) is 0 Å². The second-order valence-electron chi connectivity index (χ2n) is 4.51. The van der Waals surface area contributed by atoms with Crippen LogP contribution < -0.4 is 0 Å². The van der Waals surface area contributed by atoms with Crippen molar-refractivity contribution < 1.29 is 0 Å². The van der Waals surface area contributed by atoms with Crippen molar-refractivity contribution in [2.45, 2.75) is 54.9 Å². The number of allylic oxidation sites excluding steroid dienone is 7. The van der Waals surface area contributed by atoms with E-state index in [0.29, 0.717) is 0 Å². The van der Waals surface area contributed by atoms with Gasteiger partial charge in [-0.15, -0.1) is 0 Å². The Bertz CT molecular complexity index is 352. The van der Waals surface area contributed by atoms with Gasteiger partial charge in [0.2, 0.25) is 0 Å². The summed E-state index contributed by atoms with van der Waals surface area (Å²) < 4.78 is 0. The summed E-state index contributed by atoms with van der Waals surface area (Å²) in [5.41, 5.74) is 5.30. The largest absolute Gasteiger partial charge is 0.377 e. The highest BCUT2D eigenvalue weighted by Crippen LogP contribution is 2.21. The lowest BCUT2D eigenvalue weighted by molar-refractivity contribution is 0.526. The van der Waals surface area contributed by atoms with Crippen LogP contribution in [-0.4, -0.2) is 19.0 Å². The van der Waals surface area contributed by atoms with Gasteiger partial charge in [-0.05, 0) is 45.8 Å². The minimum Gasteiger partial charge on any atom is -0.377 e. The van der Waals surface area contributed by atoms with Gasteiger partial charge in [-0.1, -0.05) is 44.6 Å². The van der Waals surface area contributed by atoms with Gasteiger partial charge in [0, 0.05) is 25.4 Å². The lowest BCUT2D eigenvalue weighted by Crippen LogP contribution is -2.12. The molecule has 0 aromatic heterocycles. The monoisotopic (exact) mass is 263 g/mol. The van der Waals surface area contributed by atoms with Gasteiger partial charge >= 0.3 is 0 Å². The molecule has 0 atom stereocenters. The first-order valence-corrected chi connectivity index (χ1v) is 7.32. The van der Waals surface area contributed by atoms with Crippen LogP contribution in [0.1, 0.15) is 54.9 Å². The van der Waals surface area contributed by atoms with Gasteiger partial charge in [-0.2, -0.15) is 0 Å². The zero-order chi connectivity index (χ0) is 15.4. The zero-order valence-corrected chi connectivity index (χ0v) is 14.5. The van der Waals surface area contributed by atoms with Crippen LogP contribution >= 0.6 is 0 Å². The lowest BCUT2D eigenvalue weighted by Gasteiger charge is -2.19. The molecule has 0 amide bonds. The molecule has 0 heterocycles. The molecule has 0 aromatic carbocycles. The summed E-state index contributed by atoms with van der Waals surface area (Å²) in [6.45, 7) is 14.7. The first kappa shape index (κ1) is 20.1. The van der Waals surface area contributed by atoms with E-state index in [2.05, 4.69) is 77.9 Å². The van der Waals surface area contributed by atoms with Gasteiger partial charge in [0.25, 0.3) is 0 Å². The first-order chi connectivity index (χ1) is 8.97. The van der Waals surface area contributed by atoms with Crippen LogP contribution in [0, 0.1) is 0 Å². The maximum atomic E-state index is 2.30. The van der Waals surface area contributed by atoms with E-state index in [0.717, 1.165) is 6.42 Å². The Morgan fingerprint density at radius 2 is 1.58 bits per heavy atom. The van der Waals surface area contributed by atoms with Crippen molar-refractivity contribution >= 4 is 0 Å². The van der Waals surface area contributed by atoms with Crippen molar-refractivity contribution in [1.29, 1.82) is 0 Å². The summed E-state index contributed by atoms with van der Waals surface area (Å²) in [4.78, 5) is 2.17. The minimum atomic E-state index is 1.09. The average molecular weight is 263 g/mol. The predicted molar refractivity (Wildman–Crippen MR) is 90.4 cm³/mol. The maximum absolute atomic E-state index is 2.30. The van der Waals surface area contributed by atoms with Gasteiger partial charge < -0.3 is 4.90 Å². The standard InChI is InChI=1S/C16H27N.C2H6/c1-8-11-16(17(6)7)15(14(5)10-3)12-13(4)9-2;1-2/h8,10-12H,9H2,1-7H3;1-2H3/b11-8-,13-12+,14-10-,16-15+;. The topological polar surface area (TPSA) is 3.24 Å². The van der Waals surface area contributed by atoms with E-state index in [1.807, 2.05) is 13.8 Å². The highest BCUT2D eigenvalue weighted by molar-refractivity contribution is 5.46. The number of hydrogen-bond donors (Lipinski definition) is 0. The number of likely N-dealkylation sites (N-methyl/N-ethyl adjacent to an activating group) is 1. The van der Waals surface area contributed by atoms with Crippen molar-refractivity contribution in [1.82, 2.24) is 4.90 Å². The number of rotatable bonds is 5. The summed E-state index contributed by atoms with van der Waals surface area (Å²) in [5, 5.41) is 0. The SMILES string of the molecule is CC.C\C=C/C(=C(/C=C(\C)CC)C(\C)=C/C)N(C)C. The smallest absolute Gasteiger partial charge is 0.0433 e. The molecule has 0 spiro atoms. The molecule has 1 nitrogen and oxygen atoms in total. The third-order valence-corrected chi connectivity index (χ3v) is 2.89. The van der Waals surface area contributed by atoms with Crippen molar-refractivity contribution in [2.24, 2.45) is 0 Å². The number of nitrogens with zero attached hydrogens (tertiary/aromatic N) is 1. The van der Waals surface area contributed by atoms with E-state index >= 15 is 0 Å². The quantitative estimate of drug-likeness (QED) is 0.573. The maximum Gasteiger partial charge on any atom is 0.0433 e. The zero-order valence-electron chi connectivity index (χ0n) is 14.5. The summed E-state index contributed by atoms with van der Waals surface area (Å²) in [6.07, 6.45) is 9.82. The summed E-state index contributed by atoms with van der Waals surface area (Å²) in [7, 11) is 4.18. The molecule has 0 aromatic rings. The second-order valence-corrected chi connectivity index (χ2v) is 4.51. The molecular weight excluding hydrogens is 230 g/mol. The molecule has 0 aliphatic heterocycles. The third kappa shape index (κ3) is 7.71. The van der Waals surface area contributed by atoms with E-state index in [1.54, 1.807) is 0 Å².